The summed E-state index contributed by atoms with van der Waals surface area (Å²) in [5.74, 6) is 1.04. The van der Waals surface area contributed by atoms with Crippen molar-refractivity contribution in [3.8, 4) is 5.75 Å². The normalized spacial score (nSPS) is 15.1. The number of ether oxygens (including phenoxy) is 1. The van der Waals surface area contributed by atoms with Gasteiger partial charge in [0.1, 0.15) is 5.75 Å². The Morgan fingerprint density at radius 3 is 2.94 bits per heavy atom. The van der Waals surface area contributed by atoms with Crippen molar-refractivity contribution in [2.45, 2.75) is 38.7 Å². The van der Waals surface area contributed by atoms with E-state index in [0.29, 0.717) is 6.10 Å². The molecule has 1 aliphatic carbocycles. The van der Waals surface area contributed by atoms with E-state index in [4.69, 9.17) is 4.74 Å². The van der Waals surface area contributed by atoms with Crippen LogP contribution in [0.3, 0.4) is 0 Å². The average molecular weight is 219 g/mol. The van der Waals surface area contributed by atoms with Crippen LogP contribution in [0.15, 0.2) is 24.3 Å². The van der Waals surface area contributed by atoms with Crippen LogP contribution in [-0.2, 0) is 6.42 Å². The van der Waals surface area contributed by atoms with E-state index in [1.165, 1.54) is 24.8 Å². The molecule has 1 aromatic carbocycles. The SMILES string of the molecule is CCCNCCc1cccc(OC2CC2)c1. The molecule has 16 heavy (non-hydrogen) atoms. The quantitative estimate of drug-likeness (QED) is 0.712. The zero-order chi connectivity index (χ0) is 11.2. The number of nitrogens with one attached hydrogen (secondary N) is 1. The largest absolute Gasteiger partial charge is 0.490 e. The van der Waals surface area contributed by atoms with Gasteiger partial charge in [-0.15, -0.1) is 0 Å². The fraction of sp³-hybridized carbons (Fsp3) is 0.571. The molecule has 1 aromatic rings. The third-order valence-corrected chi connectivity index (χ3v) is 2.74. The zero-order valence-corrected chi connectivity index (χ0v) is 10.0. The van der Waals surface area contributed by atoms with Gasteiger partial charge in [-0.2, -0.15) is 0 Å². The molecule has 2 nitrogen and oxygen atoms in total. The number of hydrogen-bond donors (Lipinski definition) is 1. The van der Waals surface area contributed by atoms with Crippen LogP contribution in [0.1, 0.15) is 31.7 Å². The van der Waals surface area contributed by atoms with E-state index in [1.807, 2.05) is 0 Å². The van der Waals surface area contributed by atoms with Crippen molar-refractivity contribution in [2.75, 3.05) is 13.1 Å². The molecular weight excluding hydrogens is 198 g/mol. The van der Waals surface area contributed by atoms with Crippen LogP contribution in [0.4, 0.5) is 0 Å². The molecule has 0 aliphatic heterocycles. The molecule has 0 spiro atoms. The minimum absolute atomic E-state index is 0.494. The van der Waals surface area contributed by atoms with Gasteiger partial charge in [-0.3, -0.25) is 0 Å². The summed E-state index contributed by atoms with van der Waals surface area (Å²) in [5, 5.41) is 3.42. The minimum Gasteiger partial charge on any atom is -0.490 e. The van der Waals surface area contributed by atoms with Crippen LogP contribution in [0.5, 0.6) is 5.75 Å². The molecule has 2 heteroatoms. The molecule has 0 bridgehead atoms. The highest BCUT2D eigenvalue weighted by Crippen LogP contribution is 2.27. The van der Waals surface area contributed by atoms with Crippen LogP contribution in [0, 0.1) is 0 Å². The van der Waals surface area contributed by atoms with Crippen molar-refractivity contribution in [1.29, 1.82) is 0 Å². The van der Waals surface area contributed by atoms with E-state index in [1.54, 1.807) is 0 Å². The lowest BCUT2D eigenvalue weighted by Gasteiger charge is -2.07. The summed E-state index contributed by atoms with van der Waals surface area (Å²) in [6, 6.07) is 8.49. The Balaban J connectivity index is 1.78. The third-order valence-electron chi connectivity index (χ3n) is 2.74. The lowest BCUT2D eigenvalue weighted by Crippen LogP contribution is -2.17. The number of benzene rings is 1. The van der Waals surface area contributed by atoms with Crippen molar-refractivity contribution >= 4 is 0 Å². The molecule has 0 atom stereocenters. The van der Waals surface area contributed by atoms with Crippen molar-refractivity contribution < 1.29 is 4.74 Å². The van der Waals surface area contributed by atoms with E-state index in [2.05, 4.69) is 36.5 Å². The molecule has 0 unspecified atom stereocenters. The summed E-state index contributed by atoms with van der Waals surface area (Å²) in [6.45, 7) is 4.36. The molecule has 0 aromatic heterocycles. The first-order valence-electron chi connectivity index (χ1n) is 6.35. The van der Waals surface area contributed by atoms with Crippen LogP contribution in [-0.4, -0.2) is 19.2 Å². The second kappa shape index (κ2) is 5.90. The molecule has 88 valence electrons. The van der Waals surface area contributed by atoms with Crippen LogP contribution < -0.4 is 10.1 Å². The Morgan fingerprint density at radius 1 is 1.31 bits per heavy atom. The van der Waals surface area contributed by atoms with Crippen LogP contribution >= 0.6 is 0 Å². The maximum absolute atomic E-state index is 5.77. The maximum atomic E-state index is 5.77. The minimum atomic E-state index is 0.494. The molecule has 1 N–H and O–H groups in total. The number of rotatable bonds is 7. The maximum Gasteiger partial charge on any atom is 0.119 e. The highest BCUT2D eigenvalue weighted by molar-refractivity contribution is 5.29. The van der Waals surface area contributed by atoms with Gasteiger partial charge in [0.25, 0.3) is 0 Å². The van der Waals surface area contributed by atoms with E-state index in [-0.39, 0.29) is 0 Å². The molecule has 1 saturated carbocycles. The van der Waals surface area contributed by atoms with Gasteiger partial charge in [-0.25, -0.2) is 0 Å². The number of hydrogen-bond acceptors (Lipinski definition) is 2. The van der Waals surface area contributed by atoms with Gasteiger partial charge in [-0.1, -0.05) is 19.1 Å². The summed E-state index contributed by atoms with van der Waals surface area (Å²) < 4.78 is 5.77. The van der Waals surface area contributed by atoms with Gasteiger partial charge in [0.05, 0.1) is 6.10 Å². The predicted molar refractivity (Wildman–Crippen MR) is 67.0 cm³/mol. The summed E-state index contributed by atoms with van der Waals surface area (Å²) in [4.78, 5) is 0. The lowest BCUT2D eigenvalue weighted by atomic mass is 10.1. The molecule has 0 heterocycles. The predicted octanol–water partition coefficient (Wildman–Crippen LogP) is 2.77. The topological polar surface area (TPSA) is 21.3 Å². The molecule has 0 saturated heterocycles. The van der Waals surface area contributed by atoms with Crippen molar-refractivity contribution in [3.63, 3.8) is 0 Å². The van der Waals surface area contributed by atoms with Gasteiger partial charge < -0.3 is 10.1 Å². The second-order valence-corrected chi connectivity index (χ2v) is 4.46. The third kappa shape index (κ3) is 3.86. The van der Waals surface area contributed by atoms with Gasteiger partial charge in [0.2, 0.25) is 0 Å². The van der Waals surface area contributed by atoms with Crippen molar-refractivity contribution in [1.82, 2.24) is 5.32 Å². The Hall–Kier alpha value is -1.02. The fourth-order valence-electron chi connectivity index (χ4n) is 1.69. The van der Waals surface area contributed by atoms with Gasteiger partial charge >= 0.3 is 0 Å². The van der Waals surface area contributed by atoms with E-state index in [9.17, 15) is 0 Å². The smallest absolute Gasteiger partial charge is 0.119 e. The molecule has 0 amide bonds. The van der Waals surface area contributed by atoms with E-state index in [0.717, 1.165) is 25.3 Å². The fourth-order valence-corrected chi connectivity index (χ4v) is 1.69. The zero-order valence-electron chi connectivity index (χ0n) is 10.0. The highest BCUT2D eigenvalue weighted by Gasteiger charge is 2.23. The first-order valence-corrected chi connectivity index (χ1v) is 6.35. The molecule has 1 fully saturated rings. The average Bonchev–Trinajstić information content (AvgIpc) is 3.09. The van der Waals surface area contributed by atoms with Crippen LogP contribution in [0.25, 0.3) is 0 Å². The van der Waals surface area contributed by atoms with E-state index >= 15 is 0 Å². The Kier molecular flexibility index (Phi) is 4.23. The van der Waals surface area contributed by atoms with E-state index < -0.39 is 0 Å². The molecular formula is C14H21NO. The Bertz CT molecular complexity index is 320. The lowest BCUT2D eigenvalue weighted by molar-refractivity contribution is 0.303. The molecule has 0 radical (unpaired) electrons. The van der Waals surface area contributed by atoms with Gasteiger partial charge in [0, 0.05) is 0 Å². The summed E-state index contributed by atoms with van der Waals surface area (Å²) >= 11 is 0. The van der Waals surface area contributed by atoms with Crippen LogP contribution in [0.2, 0.25) is 0 Å². The highest BCUT2D eigenvalue weighted by atomic mass is 16.5. The Labute approximate surface area is 98.0 Å². The van der Waals surface area contributed by atoms with Gasteiger partial charge in [-0.05, 0) is 56.5 Å². The molecule has 2 rings (SSSR count). The monoisotopic (exact) mass is 219 g/mol. The Morgan fingerprint density at radius 2 is 2.19 bits per heavy atom. The second-order valence-electron chi connectivity index (χ2n) is 4.46. The van der Waals surface area contributed by atoms with Crippen molar-refractivity contribution in [3.05, 3.63) is 29.8 Å². The molecule has 1 aliphatic rings. The summed E-state index contributed by atoms with van der Waals surface area (Å²) in [6.07, 6.45) is 5.23. The summed E-state index contributed by atoms with van der Waals surface area (Å²) in [5.41, 5.74) is 1.36. The first kappa shape index (κ1) is 11.5. The van der Waals surface area contributed by atoms with Gasteiger partial charge in [0.15, 0.2) is 0 Å². The van der Waals surface area contributed by atoms with Crippen molar-refractivity contribution in [2.24, 2.45) is 0 Å². The first-order chi connectivity index (χ1) is 7.88. The summed E-state index contributed by atoms with van der Waals surface area (Å²) in [7, 11) is 0. The standard InChI is InChI=1S/C14H21NO/c1-2-9-15-10-8-12-4-3-5-14(11-12)16-13-6-7-13/h3-5,11,13,15H,2,6-10H2,1H3.